The van der Waals surface area contributed by atoms with Crippen LogP contribution < -0.4 is 0 Å². The molecule has 0 radical (unpaired) electrons. The van der Waals surface area contributed by atoms with E-state index < -0.39 is 0 Å². The molecule has 0 amide bonds. The van der Waals surface area contributed by atoms with Gasteiger partial charge in [-0.3, -0.25) is 0 Å². The molecule has 0 saturated heterocycles. The first kappa shape index (κ1) is 22.0. The second-order valence-corrected chi connectivity index (χ2v) is 11.3. The molecule has 0 saturated carbocycles. The summed E-state index contributed by atoms with van der Waals surface area (Å²) in [7, 11) is 0. The molecule has 190 valence electrons. The van der Waals surface area contributed by atoms with Gasteiger partial charge in [-0.05, 0) is 95.3 Å². The minimum atomic E-state index is 1.13. The molecule has 0 fully saturated rings. The summed E-state index contributed by atoms with van der Waals surface area (Å²) in [6.07, 6.45) is 4.79. The van der Waals surface area contributed by atoms with Crippen molar-refractivity contribution in [1.82, 2.24) is 9.13 Å². The lowest BCUT2D eigenvalue weighted by molar-refractivity contribution is 0.667. The van der Waals surface area contributed by atoms with E-state index in [-0.39, 0.29) is 0 Å². The van der Waals surface area contributed by atoms with Crippen molar-refractivity contribution < 1.29 is 0 Å². The van der Waals surface area contributed by atoms with Crippen molar-refractivity contribution in [2.24, 2.45) is 0 Å². The number of nitrogens with zero attached hydrogens (tertiary/aromatic N) is 2. The highest BCUT2D eigenvalue weighted by molar-refractivity contribution is 6.14. The van der Waals surface area contributed by atoms with Gasteiger partial charge in [0.25, 0.3) is 0 Å². The minimum absolute atomic E-state index is 1.13. The van der Waals surface area contributed by atoms with Crippen molar-refractivity contribution >= 4 is 54.3 Å². The monoisotopic (exact) mass is 512 g/mol. The van der Waals surface area contributed by atoms with Crippen molar-refractivity contribution in [1.29, 1.82) is 0 Å². The molecule has 8 aromatic rings. The first-order chi connectivity index (χ1) is 19.8. The predicted octanol–water partition coefficient (Wildman–Crippen LogP) is 9.91. The Hall–Kier alpha value is -4.82. The maximum Gasteiger partial charge on any atom is 0.0548 e. The third kappa shape index (κ3) is 3.11. The Morgan fingerprint density at radius 3 is 1.73 bits per heavy atom. The van der Waals surface area contributed by atoms with E-state index in [1.165, 1.54) is 89.7 Å². The van der Waals surface area contributed by atoms with E-state index in [0.717, 1.165) is 12.8 Å². The molecule has 9 rings (SSSR count). The highest BCUT2D eigenvalue weighted by Crippen LogP contribution is 2.41. The van der Waals surface area contributed by atoms with Crippen LogP contribution in [0.2, 0.25) is 0 Å². The van der Waals surface area contributed by atoms with E-state index in [4.69, 9.17) is 0 Å². The Labute approximate surface area is 232 Å². The van der Waals surface area contributed by atoms with Crippen LogP contribution in [0.5, 0.6) is 0 Å². The van der Waals surface area contributed by atoms with Crippen LogP contribution in [0, 0.1) is 0 Å². The van der Waals surface area contributed by atoms with Crippen LogP contribution in [0.25, 0.3) is 65.6 Å². The molecule has 0 atom stereocenters. The average Bonchev–Trinajstić information content (AvgIpc) is 3.51. The van der Waals surface area contributed by atoms with Crippen molar-refractivity contribution in [2.75, 3.05) is 0 Å². The van der Waals surface area contributed by atoms with Gasteiger partial charge in [0.1, 0.15) is 0 Å². The molecule has 2 aromatic heterocycles. The second-order valence-electron chi connectivity index (χ2n) is 11.3. The molecule has 0 unspecified atom stereocenters. The zero-order valence-electron chi connectivity index (χ0n) is 22.3. The van der Waals surface area contributed by atoms with E-state index in [1.807, 2.05) is 0 Å². The number of fused-ring (bicyclic) bond motifs is 8. The van der Waals surface area contributed by atoms with Crippen LogP contribution in [-0.4, -0.2) is 9.13 Å². The van der Waals surface area contributed by atoms with Crippen molar-refractivity contribution in [3.63, 3.8) is 0 Å². The van der Waals surface area contributed by atoms with E-state index in [0.29, 0.717) is 0 Å². The number of hydrogen-bond donors (Lipinski definition) is 0. The lowest BCUT2D eigenvalue weighted by Gasteiger charge is -2.16. The zero-order chi connectivity index (χ0) is 26.2. The molecule has 0 bridgehead atoms. The Bertz CT molecular complexity index is 2280. The quantitative estimate of drug-likeness (QED) is 0.218. The topological polar surface area (TPSA) is 9.86 Å². The summed E-state index contributed by atoms with van der Waals surface area (Å²) in [5, 5.41) is 9.14. The average molecular weight is 513 g/mol. The number of rotatable bonds is 2. The smallest absolute Gasteiger partial charge is 0.0548 e. The molecular formula is C38H28N2. The maximum atomic E-state index is 2.57. The minimum Gasteiger partial charge on any atom is -0.313 e. The van der Waals surface area contributed by atoms with Gasteiger partial charge in [0, 0.05) is 33.2 Å². The second kappa shape index (κ2) is 8.34. The summed E-state index contributed by atoms with van der Waals surface area (Å²) >= 11 is 0. The number of aromatic nitrogens is 2. The molecule has 2 heterocycles. The van der Waals surface area contributed by atoms with E-state index >= 15 is 0 Å². The van der Waals surface area contributed by atoms with Crippen LogP contribution in [-0.2, 0) is 12.8 Å². The molecule has 2 heteroatoms. The van der Waals surface area contributed by atoms with E-state index in [2.05, 4.69) is 130 Å². The predicted molar refractivity (Wildman–Crippen MR) is 169 cm³/mol. The lowest BCUT2D eigenvalue weighted by Crippen LogP contribution is -2.06. The van der Waals surface area contributed by atoms with Gasteiger partial charge in [0.05, 0.1) is 16.6 Å². The first-order valence-corrected chi connectivity index (χ1v) is 14.4. The molecule has 6 aromatic carbocycles. The van der Waals surface area contributed by atoms with Gasteiger partial charge in [0.2, 0.25) is 0 Å². The Morgan fingerprint density at radius 1 is 0.400 bits per heavy atom. The van der Waals surface area contributed by atoms with Gasteiger partial charge >= 0.3 is 0 Å². The zero-order valence-corrected chi connectivity index (χ0v) is 22.3. The largest absolute Gasteiger partial charge is 0.313 e. The molecule has 2 nitrogen and oxygen atoms in total. The van der Waals surface area contributed by atoms with Gasteiger partial charge in [-0.15, -0.1) is 0 Å². The number of aryl methyl sites for hydroxylation is 1. The summed E-state index contributed by atoms with van der Waals surface area (Å²) in [5.74, 6) is 0. The summed E-state index contributed by atoms with van der Waals surface area (Å²) in [6, 6.07) is 45.0. The summed E-state index contributed by atoms with van der Waals surface area (Å²) in [5.41, 5.74) is 9.38. The summed E-state index contributed by atoms with van der Waals surface area (Å²) < 4.78 is 5.04. The third-order valence-corrected chi connectivity index (χ3v) is 9.05. The van der Waals surface area contributed by atoms with E-state index in [9.17, 15) is 0 Å². The van der Waals surface area contributed by atoms with Gasteiger partial charge in [-0.2, -0.15) is 0 Å². The van der Waals surface area contributed by atoms with E-state index in [1.54, 1.807) is 0 Å². The van der Waals surface area contributed by atoms with Crippen LogP contribution in [0.4, 0.5) is 0 Å². The number of para-hydroxylation sites is 1. The Kier molecular flexibility index (Phi) is 4.59. The molecule has 1 aliphatic rings. The molecular weight excluding hydrogens is 484 g/mol. The fourth-order valence-corrected chi connectivity index (χ4v) is 7.21. The Balaban J connectivity index is 1.39. The highest BCUT2D eigenvalue weighted by Gasteiger charge is 2.23. The highest BCUT2D eigenvalue weighted by atomic mass is 15.0. The van der Waals surface area contributed by atoms with Crippen molar-refractivity contribution in [3.8, 4) is 11.4 Å². The molecule has 0 N–H and O–H groups in total. The van der Waals surface area contributed by atoms with Gasteiger partial charge < -0.3 is 9.13 Å². The fourth-order valence-electron chi connectivity index (χ4n) is 7.21. The van der Waals surface area contributed by atoms with Gasteiger partial charge in [-0.25, -0.2) is 0 Å². The lowest BCUT2D eigenvalue weighted by atomic mass is 9.95. The molecule has 1 aliphatic carbocycles. The van der Waals surface area contributed by atoms with Crippen LogP contribution in [0.3, 0.4) is 0 Å². The standard InChI is InChI=1S/C38H28N2/c1-3-11-27-21-29(19-17-25(27)9-1)39-35-15-7-5-13-31(35)33-24-38-34(23-37(33)39)32-14-6-8-16-36(32)40(38)30-20-18-26-10-2-4-12-28(26)22-30/h1-5,7,9-13,15,17-24H,6,8,14,16H2. The van der Waals surface area contributed by atoms with Crippen LogP contribution in [0.1, 0.15) is 24.1 Å². The Morgan fingerprint density at radius 2 is 0.975 bits per heavy atom. The third-order valence-electron chi connectivity index (χ3n) is 9.05. The van der Waals surface area contributed by atoms with Gasteiger partial charge in [0.15, 0.2) is 0 Å². The SMILES string of the molecule is c1ccc2cc(-n3c4c(c5cc6c(cc53)c3ccccc3n6-c3ccc5ccccc5c3)CCCC4)ccc2c1. The summed E-state index contributed by atoms with van der Waals surface area (Å²) in [4.78, 5) is 0. The number of benzene rings is 6. The maximum absolute atomic E-state index is 2.57. The molecule has 0 spiro atoms. The first-order valence-electron chi connectivity index (χ1n) is 14.4. The van der Waals surface area contributed by atoms with Gasteiger partial charge in [-0.1, -0.05) is 78.9 Å². The van der Waals surface area contributed by atoms with Crippen molar-refractivity contribution in [2.45, 2.75) is 25.7 Å². The molecule has 0 aliphatic heterocycles. The van der Waals surface area contributed by atoms with Crippen LogP contribution >= 0.6 is 0 Å². The normalized spacial score (nSPS) is 13.6. The number of hydrogen-bond acceptors (Lipinski definition) is 0. The fraction of sp³-hybridized carbons (Fsp3) is 0.105. The van der Waals surface area contributed by atoms with Crippen LogP contribution in [0.15, 0.2) is 121 Å². The van der Waals surface area contributed by atoms with Crippen molar-refractivity contribution in [3.05, 3.63) is 133 Å². The summed E-state index contributed by atoms with van der Waals surface area (Å²) in [6.45, 7) is 0. The molecule has 40 heavy (non-hydrogen) atoms.